The van der Waals surface area contributed by atoms with Gasteiger partial charge in [-0.3, -0.25) is 0 Å². The topological polar surface area (TPSA) is 38.3 Å². The van der Waals surface area contributed by atoms with Gasteiger partial charge in [0, 0.05) is 13.1 Å². The number of carbonyl (C=O) groups excluding carboxylic acids is 1. The molecular weight excluding hydrogens is 216 g/mol. The van der Waals surface area contributed by atoms with Crippen LogP contribution in [0.25, 0.3) is 0 Å². The van der Waals surface area contributed by atoms with Crippen LogP contribution in [-0.2, 0) is 9.53 Å². The van der Waals surface area contributed by atoms with Crippen molar-refractivity contribution in [2.45, 2.75) is 44.6 Å². The maximum absolute atomic E-state index is 12.8. The minimum atomic E-state index is -3.29. The Morgan fingerprint density at radius 1 is 1.50 bits per heavy atom. The number of rotatable bonds is 4. The van der Waals surface area contributed by atoms with Crippen LogP contribution in [0.1, 0.15) is 32.6 Å². The first-order chi connectivity index (χ1) is 7.41. The van der Waals surface area contributed by atoms with Crippen molar-refractivity contribution in [1.82, 2.24) is 5.32 Å². The van der Waals surface area contributed by atoms with Gasteiger partial charge in [0.1, 0.15) is 6.10 Å². The molecule has 92 valence electrons. The lowest BCUT2D eigenvalue weighted by Crippen LogP contribution is -2.40. The molecule has 1 aliphatic carbocycles. The molecule has 0 aromatic rings. The van der Waals surface area contributed by atoms with E-state index >= 15 is 0 Å². The molecule has 1 saturated carbocycles. The number of esters is 1. The smallest absolute Gasteiger partial charge is 0.377 e. The highest BCUT2D eigenvalue weighted by atomic mass is 19.3. The van der Waals surface area contributed by atoms with E-state index in [0.717, 1.165) is 6.54 Å². The lowest BCUT2D eigenvalue weighted by atomic mass is 9.70. The summed E-state index contributed by atoms with van der Waals surface area (Å²) in [5, 5.41) is 3.12. The van der Waals surface area contributed by atoms with Gasteiger partial charge in [-0.2, -0.15) is 8.78 Å². The molecule has 0 spiro atoms. The Balaban J connectivity index is 1.70. The zero-order valence-electron chi connectivity index (χ0n) is 9.39. The Labute approximate surface area is 93.5 Å². The largest absolute Gasteiger partial charge is 0.456 e. The molecular formula is C11H17F2NO2. The molecule has 0 bridgehead atoms. The first-order valence-corrected chi connectivity index (χ1v) is 5.71. The monoisotopic (exact) mass is 233 g/mol. The van der Waals surface area contributed by atoms with Crippen molar-refractivity contribution >= 4 is 5.97 Å². The van der Waals surface area contributed by atoms with E-state index in [4.69, 9.17) is 0 Å². The highest BCUT2D eigenvalue weighted by Crippen LogP contribution is 2.39. The van der Waals surface area contributed by atoms with E-state index in [2.05, 4.69) is 17.0 Å². The molecule has 2 aliphatic rings. The Kier molecular flexibility index (Phi) is 2.90. The van der Waals surface area contributed by atoms with Crippen LogP contribution in [0.2, 0.25) is 0 Å². The van der Waals surface area contributed by atoms with Crippen molar-refractivity contribution < 1.29 is 18.3 Å². The summed E-state index contributed by atoms with van der Waals surface area (Å²) in [7, 11) is 0. The van der Waals surface area contributed by atoms with Crippen LogP contribution in [0.3, 0.4) is 0 Å². The van der Waals surface area contributed by atoms with Crippen LogP contribution in [-0.4, -0.2) is 31.1 Å². The molecule has 1 heterocycles. The molecule has 5 heteroatoms. The van der Waals surface area contributed by atoms with Gasteiger partial charge in [-0.1, -0.05) is 13.3 Å². The van der Waals surface area contributed by atoms with E-state index < -0.39 is 24.4 Å². The molecule has 1 saturated heterocycles. The third-order valence-corrected chi connectivity index (χ3v) is 3.54. The van der Waals surface area contributed by atoms with Crippen molar-refractivity contribution in [1.29, 1.82) is 0 Å². The SMILES string of the molecule is CC1(CNCC2CC(F)(F)C(=O)O2)CCC1. The summed E-state index contributed by atoms with van der Waals surface area (Å²) < 4.78 is 30.2. The van der Waals surface area contributed by atoms with E-state index in [1.807, 2.05) is 0 Å². The average Bonchev–Trinajstić information content (AvgIpc) is 2.38. The van der Waals surface area contributed by atoms with Crippen molar-refractivity contribution in [3.05, 3.63) is 0 Å². The Hall–Kier alpha value is -0.710. The summed E-state index contributed by atoms with van der Waals surface area (Å²) in [6.07, 6.45) is 2.44. The summed E-state index contributed by atoms with van der Waals surface area (Å²) in [5.74, 6) is -4.67. The Morgan fingerprint density at radius 2 is 2.19 bits per heavy atom. The van der Waals surface area contributed by atoms with Crippen molar-refractivity contribution in [2.24, 2.45) is 5.41 Å². The zero-order chi connectivity index (χ0) is 11.8. The molecule has 0 amide bonds. The molecule has 1 atom stereocenters. The maximum Gasteiger partial charge on any atom is 0.377 e. The second-order valence-electron chi connectivity index (χ2n) is 5.23. The standard InChI is InChI=1S/C11H17F2NO2/c1-10(3-2-4-10)7-14-6-8-5-11(12,13)9(15)16-8/h8,14H,2-7H2,1H3. The summed E-state index contributed by atoms with van der Waals surface area (Å²) in [6, 6.07) is 0. The number of cyclic esters (lactones) is 1. The van der Waals surface area contributed by atoms with Crippen LogP contribution in [0.4, 0.5) is 8.78 Å². The minimum Gasteiger partial charge on any atom is -0.456 e. The number of nitrogens with one attached hydrogen (secondary N) is 1. The van der Waals surface area contributed by atoms with Gasteiger partial charge in [-0.05, 0) is 18.3 Å². The van der Waals surface area contributed by atoms with E-state index in [1.54, 1.807) is 0 Å². The van der Waals surface area contributed by atoms with Crippen LogP contribution in [0.15, 0.2) is 0 Å². The fraction of sp³-hybridized carbons (Fsp3) is 0.909. The third kappa shape index (κ3) is 2.34. The Bertz CT molecular complexity index is 290. The quantitative estimate of drug-likeness (QED) is 0.751. The molecule has 1 aliphatic heterocycles. The first kappa shape index (κ1) is 11.8. The first-order valence-electron chi connectivity index (χ1n) is 5.71. The second-order valence-corrected chi connectivity index (χ2v) is 5.23. The molecule has 0 aromatic heterocycles. The number of ether oxygens (including phenoxy) is 1. The molecule has 0 radical (unpaired) electrons. The van der Waals surface area contributed by atoms with Gasteiger partial charge in [0.15, 0.2) is 0 Å². The van der Waals surface area contributed by atoms with E-state index in [1.165, 1.54) is 19.3 Å². The maximum atomic E-state index is 12.8. The number of halogens is 2. The van der Waals surface area contributed by atoms with Crippen LogP contribution in [0, 0.1) is 5.41 Å². The van der Waals surface area contributed by atoms with Crippen molar-refractivity contribution in [3.8, 4) is 0 Å². The highest BCUT2D eigenvalue weighted by molar-refractivity contribution is 5.79. The van der Waals surface area contributed by atoms with Gasteiger partial charge < -0.3 is 10.1 Å². The van der Waals surface area contributed by atoms with E-state index in [-0.39, 0.29) is 0 Å². The van der Waals surface area contributed by atoms with Gasteiger partial charge in [0.2, 0.25) is 0 Å². The normalized spacial score (nSPS) is 30.9. The molecule has 2 fully saturated rings. The summed E-state index contributed by atoms with van der Waals surface area (Å²) in [5.41, 5.74) is 0.311. The van der Waals surface area contributed by atoms with Crippen LogP contribution in [0.5, 0.6) is 0 Å². The number of hydrogen-bond donors (Lipinski definition) is 1. The molecule has 0 aromatic carbocycles. The predicted molar refractivity (Wildman–Crippen MR) is 54.3 cm³/mol. The lowest BCUT2D eigenvalue weighted by Gasteiger charge is -2.38. The predicted octanol–water partition coefficient (Wildman–Crippen LogP) is 1.72. The highest BCUT2D eigenvalue weighted by Gasteiger charge is 2.50. The minimum absolute atomic E-state index is 0.311. The number of carbonyl (C=O) groups is 1. The fourth-order valence-corrected chi connectivity index (χ4v) is 2.25. The van der Waals surface area contributed by atoms with Crippen molar-refractivity contribution in [2.75, 3.05) is 13.1 Å². The molecule has 1 N–H and O–H groups in total. The molecule has 3 nitrogen and oxygen atoms in total. The summed E-state index contributed by atoms with van der Waals surface area (Å²) in [4.78, 5) is 10.7. The molecule has 1 unspecified atom stereocenters. The number of alkyl halides is 2. The fourth-order valence-electron chi connectivity index (χ4n) is 2.25. The Morgan fingerprint density at radius 3 is 2.62 bits per heavy atom. The van der Waals surface area contributed by atoms with Gasteiger partial charge in [-0.25, -0.2) is 4.79 Å². The van der Waals surface area contributed by atoms with Gasteiger partial charge in [0.25, 0.3) is 0 Å². The van der Waals surface area contributed by atoms with Crippen LogP contribution < -0.4 is 5.32 Å². The van der Waals surface area contributed by atoms with Crippen molar-refractivity contribution in [3.63, 3.8) is 0 Å². The third-order valence-electron chi connectivity index (χ3n) is 3.54. The number of hydrogen-bond acceptors (Lipinski definition) is 3. The molecule has 16 heavy (non-hydrogen) atoms. The van der Waals surface area contributed by atoms with Gasteiger partial charge >= 0.3 is 11.9 Å². The average molecular weight is 233 g/mol. The van der Waals surface area contributed by atoms with Gasteiger partial charge in [-0.15, -0.1) is 0 Å². The molecule has 2 rings (SSSR count). The lowest BCUT2D eigenvalue weighted by molar-refractivity contribution is -0.159. The summed E-state index contributed by atoms with van der Waals surface area (Å²) in [6.45, 7) is 3.32. The van der Waals surface area contributed by atoms with E-state index in [0.29, 0.717) is 12.0 Å². The van der Waals surface area contributed by atoms with E-state index in [9.17, 15) is 13.6 Å². The van der Waals surface area contributed by atoms with Gasteiger partial charge in [0.05, 0.1) is 6.42 Å². The second kappa shape index (κ2) is 3.95. The zero-order valence-corrected chi connectivity index (χ0v) is 9.39. The van der Waals surface area contributed by atoms with Crippen LogP contribution >= 0.6 is 0 Å². The summed E-state index contributed by atoms with van der Waals surface area (Å²) >= 11 is 0.